The minimum atomic E-state index is -1.06. The van der Waals surface area contributed by atoms with E-state index in [1.807, 2.05) is 0 Å². The summed E-state index contributed by atoms with van der Waals surface area (Å²) in [4.78, 5) is 11.3. The molecular formula is C20H15F3O2. The maximum Gasteiger partial charge on any atom is 0.315 e. The Labute approximate surface area is 143 Å². The third-order valence-corrected chi connectivity index (χ3v) is 3.39. The summed E-state index contributed by atoms with van der Waals surface area (Å²) >= 11 is 0. The summed E-state index contributed by atoms with van der Waals surface area (Å²) in [6, 6.07) is 18.4. The summed E-state index contributed by atoms with van der Waals surface area (Å²) in [7, 11) is 0. The van der Waals surface area contributed by atoms with Crippen molar-refractivity contribution in [2.45, 2.75) is 5.92 Å². The SMILES string of the molecule is Fc1ccccc1.O=C(O)C(c1ccc(F)cc1)c1ccc(F)cc1. The number of carboxylic acid groups (broad SMARTS) is 1. The molecule has 0 aromatic heterocycles. The average Bonchev–Trinajstić information content (AvgIpc) is 2.60. The van der Waals surface area contributed by atoms with Gasteiger partial charge in [0.15, 0.2) is 0 Å². The molecule has 2 nitrogen and oxygen atoms in total. The molecule has 5 heteroatoms. The molecule has 0 aliphatic carbocycles. The van der Waals surface area contributed by atoms with E-state index < -0.39 is 23.5 Å². The highest BCUT2D eigenvalue weighted by Crippen LogP contribution is 2.25. The summed E-state index contributed by atoms with van der Waals surface area (Å²) in [5.74, 6) is -3.02. The van der Waals surface area contributed by atoms with E-state index in [1.54, 1.807) is 18.2 Å². The Balaban J connectivity index is 0.000000269. The van der Waals surface area contributed by atoms with Gasteiger partial charge in [0.25, 0.3) is 0 Å². The Kier molecular flexibility index (Phi) is 6.34. The van der Waals surface area contributed by atoms with Crippen LogP contribution in [-0.2, 0) is 4.79 Å². The van der Waals surface area contributed by atoms with Crippen LogP contribution in [0.2, 0.25) is 0 Å². The van der Waals surface area contributed by atoms with Gasteiger partial charge in [-0.2, -0.15) is 0 Å². The lowest BCUT2D eigenvalue weighted by molar-refractivity contribution is -0.137. The number of rotatable bonds is 3. The van der Waals surface area contributed by atoms with E-state index >= 15 is 0 Å². The highest BCUT2D eigenvalue weighted by molar-refractivity contribution is 5.80. The normalized spacial score (nSPS) is 10.1. The van der Waals surface area contributed by atoms with Crippen LogP contribution < -0.4 is 0 Å². The van der Waals surface area contributed by atoms with Crippen LogP contribution in [0.15, 0.2) is 78.9 Å². The second-order valence-corrected chi connectivity index (χ2v) is 5.17. The fourth-order valence-corrected chi connectivity index (χ4v) is 2.20. The summed E-state index contributed by atoms with van der Waals surface area (Å²) in [5, 5.41) is 9.23. The van der Waals surface area contributed by atoms with Crippen molar-refractivity contribution in [3.8, 4) is 0 Å². The first-order valence-corrected chi connectivity index (χ1v) is 7.41. The van der Waals surface area contributed by atoms with Crippen LogP contribution in [0.1, 0.15) is 17.0 Å². The molecule has 0 heterocycles. The molecule has 3 aromatic rings. The van der Waals surface area contributed by atoms with Crippen LogP contribution in [0.25, 0.3) is 0 Å². The molecular weight excluding hydrogens is 329 g/mol. The molecule has 0 unspecified atom stereocenters. The Bertz CT molecular complexity index is 755. The number of hydrogen-bond donors (Lipinski definition) is 1. The van der Waals surface area contributed by atoms with E-state index in [-0.39, 0.29) is 5.82 Å². The molecule has 0 amide bonds. The quantitative estimate of drug-likeness (QED) is 0.725. The van der Waals surface area contributed by atoms with E-state index in [4.69, 9.17) is 0 Å². The number of carbonyl (C=O) groups is 1. The lowest BCUT2D eigenvalue weighted by Crippen LogP contribution is -2.13. The Morgan fingerprint density at radius 2 is 1.00 bits per heavy atom. The van der Waals surface area contributed by atoms with Gasteiger partial charge in [0.2, 0.25) is 0 Å². The third kappa shape index (κ3) is 5.49. The maximum atomic E-state index is 12.8. The number of aliphatic carboxylic acids is 1. The zero-order chi connectivity index (χ0) is 18.2. The van der Waals surface area contributed by atoms with Gasteiger partial charge in [0, 0.05) is 0 Å². The zero-order valence-corrected chi connectivity index (χ0v) is 13.1. The highest BCUT2D eigenvalue weighted by Gasteiger charge is 2.21. The zero-order valence-electron chi connectivity index (χ0n) is 13.1. The summed E-state index contributed by atoms with van der Waals surface area (Å²) < 4.78 is 37.5. The van der Waals surface area contributed by atoms with Gasteiger partial charge in [0.1, 0.15) is 23.4 Å². The average molecular weight is 344 g/mol. The molecule has 0 saturated carbocycles. The molecule has 1 N–H and O–H groups in total. The van der Waals surface area contributed by atoms with Crippen molar-refractivity contribution in [2.24, 2.45) is 0 Å². The number of carboxylic acids is 1. The van der Waals surface area contributed by atoms with E-state index in [0.29, 0.717) is 11.1 Å². The predicted molar refractivity (Wildman–Crippen MR) is 88.7 cm³/mol. The third-order valence-electron chi connectivity index (χ3n) is 3.39. The van der Waals surface area contributed by atoms with Gasteiger partial charge < -0.3 is 5.11 Å². The second kappa shape index (κ2) is 8.68. The molecule has 0 radical (unpaired) electrons. The van der Waals surface area contributed by atoms with E-state index in [2.05, 4.69) is 0 Å². The van der Waals surface area contributed by atoms with Crippen LogP contribution in [0, 0.1) is 17.5 Å². The second-order valence-electron chi connectivity index (χ2n) is 5.17. The largest absolute Gasteiger partial charge is 0.481 e. The molecule has 0 spiro atoms. The predicted octanol–water partition coefficient (Wildman–Crippen LogP) is 5.01. The molecule has 3 aromatic carbocycles. The molecule has 128 valence electrons. The van der Waals surface area contributed by atoms with Gasteiger partial charge in [-0.1, -0.05) is 42.5 Å². The van der Waals surface area contributed by atoms with E-state index in [1.165, 1.54) is 60.7 Å². The van der Waals surface area contributed by atoms with Crippen molar-refractivity contribution in [3.63, 3.8) is 0 Å². The van der Waals surface area contributed by atoms with Crippen LogP contribution in [0.4, 0.5) is 13.2 Å². The fourth-order valence-electron chi connectivity index (χ4n) is 2.20. The lowest BCUT2D eigenvalue weighted by Gasteiger charge is -2.13. The van der Waals surface area contributed by atoms with E-state index in [9.17, 15) is 23.1 Å². The van der Waals surface area contributed by atoms with Gasteiger partial charge in [-0.25, -0.2) is 13.2 Å². The van der Waals surface area contributed by atoms with Crippen LogP contribution in [0.3, 0.4) is 0 Å². The van der Waals surface area contributed by atoms with Gasteiger partial charge in [-0.15, -0.1) is 0 Å². The fraction of sp³-hybridized carbons (Fsp3) is 0.0500. The van der Waals surface area contributed by atoms with Gasteiger partial charge in [-0.3, -0.25) is 4.79 Å². The van der Waals surface area contributed by atoms with Crippen LogP contribution >= 0.6 is 0 Å². The lowest BCUT2D eigenvalue weighted by atomic mass is 9.91. The monoisotopic (exact) mass is 344 g/mol. The Hall–Kier alpha value is -3.08. The molecule has 25 heavy (non-hydrogen) atoms. The first-order chi connectivity index (χ1) is 12.0. The number of hydrogen-bond acceptors (Lipinski definition) is 1. The minimum absolute atomic E-state index is 0.178. The van der Waals surface area contributed by atoms with Gasteiger partial charge in [-0.05, 0) is 47.5 Å². The first-order valence-electron chi connectivity index (χ1n) is 7.41. The van der Waals surface area contributed by atoms with Crippen molar-refractivity contribution in [2.75, 3.05) is 0 Å². The Morgan fingerprint density at radius 1 is 0.640 bits per heavy atom. The van der Waals surface area contributed by atoms with E-state index in [0.717, 1.165) is 0 Å². The summed E-state index contributed by atoms with van der Waals surface area (Å²) in [6.45, 7) is 0. The Morgan fingerprint density at radius 3 is 1.28 bits per heavy atom. The van der Waals surface area contributed by atoms with Crippen LogP contribution in [-0.4, -0.2) is 11.1 Å². The first kappa shape index (κ1) is 18.3. The topological polar surface area (TPSA) is 37.3 Å². The van der Waals surface area contributed by atoms with Crippen molar-refractivity contribution in [1.82, 2.24) is 0 Å². The van der Waals surface area contributed by atoms with Crippen molar-refractivity contribution < 1.29 is 23.1 Å². The molecule has 0 fully saturated rings. The molecule has 0 bridgehead atoms. The molecule has 3 rings (SSSR count). The standard InChI is InChI=1S/C14H10F2O2.C6H5F/c15-11-5-1-9(2-6-11)13(14(17)18)10-3-7-12(16)8-4-10;7-6-4-2-1-3-5-6/h1-8,13H,(H,17,18);1-5H. The summed E-state index contributed by atoms with van der Waals surface area (Å²) in [6.07, 6.45) is 0. The highest BCUT2D eigenvalue weighted by atomic mass is 19.1. The number of halogens is 3. The smallest absolute Gasteiger partial charge is 0.315 e. The van der Waals surface area contributed by atoms with Crippen molar-refractivity contribution in [3.05, 3.63) is 107 Å². The number of benzene rings is 3. The van der Waals surface area contributed by atoms with Crippen molar-refractivity contribution >= 4 is 5.97 Å². The molecule has 0 saturated heterocycles. The van der Waals surface area contributed by atoms with Gasteiger partial charge >= 0.3 is 5.97 Å². The maximum absolute atomic E-state index is 12.8. The van der Waals surface area contributed by atoms with Gasteiger partial charge in [0.05, 0.1) is 0 Å². The molecule has 0 atom stereocenters. The van der Waals surface area contributed by atoms with Crippen LogP contribution in [0.5, 0.6) is 0 Å². The van der Waals surface area contributed by atoms with Crippen molar-refractivity contribution in [1.29, 1.82) is 0 Å². The minimum Gasteiger partial charge on any atom is -0.481 e. The summed E-state index contributed by atoms with van der Waals surface area (Å²) in [5.41, 5.74) is 0.908. The molecule has 0 aliphatic rings. The molecule has 0 aliphatic heterocycles.